The van der Waals surface area contributed by atoms with Gasteiger partial charge < -0.3 is 4.43 Å². The van der Waals surface area contributed by atoms with E-state index in [-0.39, 0.29) is 5.97 Å². The predicted octanol–water partition coefficient (Wildman–Crippen LogP) is 1.26. The SMILES string of the molecule is C=C(C)C(=O)O[SiH2]CC(C)C. The molecular weight excluding hydrogens is 156 g/mol. The Bertz CT molecular complexity index is 152. The minimum absolute atomic E-state index is 0.225. The summed E-state index contributed by atoms with van der Waals surface area (Å²) < 4.78 is 5.01. The highest BCUT2D eigenvalue weighted by molar-refractivity contribution is 6.31. The molecule has 11 heavy (non-hydrogen) atoms. The van der Waals surface area contributed by atoms with E-state index in [0.717, 1.165) is 6.04 Å². The lowest BCUT2D eigenvalue weighted by molar-refractivity contribution is -0.130. The first-order valence-electron chi connectivity index (χ1n) is 3.86. The molecule has 0 heterocycles. The van der Waals surface area contributed by atoms with Crippen LogP contribution >= 0.6 is 0 Å². The van der Waals surface area contributed by atoms with Crippen LogP contribution in [0.4, 0.5) is 0 Å². The molecule has 0 amide bonds. The Morgan fingerprint density at radius 2 is 2.18 bits per heavy atom. The van der Waals surface area contributed by atoms with E-state index in [2.05, 4.69) is 20.4 Å². The van der Waals surface area contributed by atoms with Crippen molar-refractivity contribution in [1.29, 1.82) is 0 Å². The van der Waals surface area contributed by atoms with E-state index >= 15 is 0 Å². The largest absolute Gasteiger partial charge is 0.522 e. The molecule has 0 aromatic rings. The summed E-state index contributed by atoms with van der Waals surface area (Å²) in [6, 6.07) is 1.05. The third kappa shape index (κ3) is 5.85. The number of carbonyl (C=O) groups is 1. The zero-order valence-corrected chi connectivity index (χ0v) is 8.93. The highest BCUT2D eigenvalue weighted by Gasteiger charge is 2.02. The van der Waals surface area contributed by atoms with Crippen LogP contribution in [-0.2, 0) is 9.22 Å². The van der Waals surface area contributed by atoms with Crippen molar-refractivity contribution >= 4 is 15.7 Å². The van der Waals surface area contributed by atoms with E-state index in [0.29, 0.717) is 11.5 Å². The minimum atomic E-state index is -0.637. The van der Waals surface area contributed by atoms with Gasteiger partial charge in [0.2, 0.25) is 9.76 Å². The fourth-order valence-corrected chi connectivity index (χ4v) is 1.53. The smallest absolute Gasteiger partial charge is 0.319 e. The van der Waals surface area contributed by atoms with Crippen LogP contribution in [0, 0.1) is 5.92 Å². The van der Waals surface area contributed by atoms with Gasteiger partial charge in [0.05, 0.1) is 0 Å². The Labute approximate surface area is 70.6 Å². The van der Waals surface area contributed by atoms with Crippen LogP contribution < -0.4 is 0 Å². The van der Waals surface area contributed by atoms with Crippen LogP contribution in [0.25, 0.3) is 0 Å². The second kappa shape index (κ2) is 5.13. The van der Waals surface area contributed by atoms with Gasteiger partial charge in [-0.25, -0.2) is 4.79 Å². The van der Waals surface area contributed by atoms with Crippen LogP contribution in [-0.4, -0.2) is 15.7 Å². The molecule has 0 rings (SSSR count). The fourth-order valence-electron chi connectivity index (χ4n) is 0.511. The van der Waals surface area contributed by atoms with Gasteiger partial charge in [-0.3, -0.25) is 0 Å². The molecule has 2 nitrogen and oxygen atoms in total. The molecule has 0 spiro atoms. The van der Waals surface area contributed by atoms with E-state index in [9.17, 15) is 4.79 Å². The average Bonchev–Trinajstić information content (AvgIpc) is 1.86. The molecule has 0 aliphatic rings. The monoisotopic (exact) mass is 172 g/mol. The van der Waals surface area contributed by atoms with Gasteiger partial charge in [-0.05, 0) is 18.9 Å². The molecule has 0 radical (unpaired) electrons. The number of hydrogen-bond acceptors (Lipinski definition) is 2. The van der Waals surface area contributed by atoms with Gasteiger partial charge >= 0.3 is 5.97 Å². The van der Waals surface area contributed by atoms with Gasteiger partial charge in [0.15, 0.2) is 0 Å². The summed E-state index contributed by atoms with van der Waals surface area (Å²) in [4.78, 5) is 10.8. The zero-order chi connectivity index (χ0) is 8.85. The van der Waals surface area contributed by atoms with Crippen molar-refractivity contribution in [2.24, 2.45) is 5.92 Å². The first-order chi connectivity index (χ1) is 5.04. The van der Waals surface area contributed by atoms with Crippen LogP contribution in [0.15, 0.2) is 12.2 Å². The van der Waals surface area contributed by atoms with Crippen LogP contribution in [0.1, 0.15) is 20.8 Å². The molecule has 0 atom stereocenters. The molecule has 0 fully saturated rings. The van der Waals surface area contributed by atoms with E-state index in [1.807, 2.05) is 0 Å². The second-order valence-electron chi connectivity index (χ2n) is 3.10. The fraction of sp³-hybridized carbons (Fsp3) is 0.625. The second-order valence-corrected chi connectivity index (χ2v) is 4.37. The molecule has 0 aliphatic carbocycles. The van der Waals surface area contributed by atoms with Gasteiger partial charge in [0.1, 0.15) is 0 Å². The number of rotatable bonds is 4. The van der Waals surface area contributed by atoms with Gasteiger partial charge in [-0.15, -0.1) is 0 Å². The lowest BCUT2D eigenvalue weighted by Gasteiger charge is -2.05. The highest BCUT2D eigenvalue weighted by Crippen LogP contribution is 2.00. The average molecular weight is 172 g/mol. The lowest BCUT2D eigenvalue weighted by Crippen LogP contribution is -2.10. The topological polar surface area (TPSA) is 26.3 Å². The highest BCUT2D eigenvalue weighted by atomic mass is 28.2. The van der Waals surface area contributed by atoms with Gasteiger partial charge in [-0.2, -0.15) is 0 Å². The molecule has 64 valence electrons. The summed E-state index contributed by atoms with van der Waals surface area (Å²) in [6.07, 6.45) is 0. The predicted molar refractivity (Wildman–Crippen MR) is 49.1 cm³/mol. The standard InChI is InChI=1S/C8H16O2Si/c1-6(2)5-11-10-8(9)7(3)4/h6H,3,5,11H2,1-2,4H3. The van der Waals surface area contributed by atoms with Gasteiger partial charge in [0, 0.05) is 5.57 Å². The minimum Gasteiger partial charge on any atom is -0.522 e. The van der Waals surface area contributed by atoms with E-state index in [1.165, 1.54) is 0 Å². The maximum Gasteiger partial charge on any atom is 0.319 e. The maximum atomic E-state index is 10.8. The van der Waals surface area contributed by atoms with Crippen molar-refractivity contribution in [2.45, 2.75) is 26.8 Å². The Balaban J connectivity index is 3.40. The quantitative estimate of drug-likeness (QED) is 0.471. The van der Waals surface area contributed by atoms with Crippen molar-refractivity contribution in [3.8, 4) is 0 Å². The Morgan fingerprint density at radius 1 is 1.64 bits per heavy atom. The van der Waals surface area contributed by atoms with Crippen molar-refractivity contribution in [3.05, 3.63) is 12.2 Å². The van der Waals surface area contributed by atoms with E-state index in [4.69, 9.17) is 4.43 Å². The molecule has 0 saturated heterocycles. The molecule has 0 aromatic heterocycles. The van der Waals surface area contributed by atoms with Crippen molar-refractivity contribution < 1.29 is 9.22 Å². The normalized spacial score (nSPS) is 10.9. The Morgan fingerprint density at radius 3 is 2.55 bits per heavy atom. The van der Waals surface area contributed by atoms with Crippen LogP contribution in [0.3, 0.4) is 0 Å². The van der Waals surface area contributed by atoms with Crippen LogP contribution in [0.2, 0.25) is 6.04 Å². The summed E-state index contributed by atoms with van der Waals surface area (Å²) in [5.41, 5.74) is 0.501. The summed E-state index contributed by atoms with van der Waals surface area (Å²) in [5, 5.41) is 0. The molecule has 0 saturated carbocycles. The zero-order valence-electron chi connectivity index (χ0n) is 7.52. The summed E-state index contributed by atoms with van der Waals surface area (Å²) in [7, 11) is -0.637. The molecule has 3 heteroatoms. The maximum absolute atomic E-state index is 10.8. The van der Waals surface area contributed by atoms with E-state index in [1.54, 1.807) is 6.92 Å². The lowest BCUT2D eigenvalue weighted by atomic mass is 10.3. The number of carbonyl (C=O) groups excluding carboxylic acids is 1. The van der Waals surface area contributed by atoms with Crippen LogP contribution in [0.5, 0.6) is 0 Å². The van der Waals surface area contributed by atoms with Crippen molar-refractivity contribution in [2.75, 3.05) is 0 Å². The molecule has 0 unspecified atom stereocenters. The Kier molecular flexibility index (Phi) is 4.86. The summed E-state index contributed by atoms with van der Waals surface area (Å²) in [6.45, 7) is 9.43. The van der Waals surface area contributed by atoms with Crippen molar-refractivity contribution in [1.82, 2.24) is 0 Å². The first kappa shape index (κ1) is 10.4. The first-order valence-corrected chi connectivity index (χ1v) is 5.44. The summed E-state index contributed by atoms with van der Waals surface area (Å²) >= 11 is 0. The van der Waals surface area contributed by atoms with E-state index < -0.39 is 9.76 Å². The summed E-state index contributed by atoms with van der Waals surface area (Å²) in [5.74, 6) is 0.414. The third-order valence-corrected chi connectivity index (χ3v) is 3.13. The Hall–Kier alpha value is -0.573. The molecule has 0 bridgehead atoms. The van der Waals surface area contributed by atoms with Crippen molar-refractivity contribution in [3.63, 3.8) is 0 Å². The molecule has 0 aliphatic heterocycles. The molecular formula is C8H16O2Si. The number of hydrogen-bond donors (Lipinski definition) is 0. The van der Waals surface area contributed by atoms with Gasteiger partial charge in [-0.1, -0.05) is 20.4 Å². The molecule has 0 N–H and O–H groups in total. The molecule has 0 aromatic carbocycles. The third-order valence-electron chi connectivity index (χ3n) is 1.28. The van der Waals surface area contributed by atoms with Gasteiger partial charge in [0.25, 0.3) is 0 Å².